The summed E-state index contributed by atoms with van der Waals surface area (Å²) in [6, 6.07) is 28.1. The van der Waals surface area contributed by atoms with Gasteiger partial charge in [-0.3, -0.25) is 9.59 Å². The zero-order chi connectivity index (χ0) is 57.9. The van der Waals surface area contributed by atoms with E-state index in [9.17, 15) is 4.79 Å². The number of benzene rings is 4. The van der Waals surface area contributed by atoms with Crippen LogP contribution in [-0.2, 0) is 22.4 Å². The lowest BCUT2D eigenvalue weighted by atomic mass is 9.87. The molecular weight excluding hydrogens is 1110 g/mol. The van der Waals surface area contributed by atoms with Crippen LogP contribution < -0.4 is 0 Å². The molecule has 2 nitrogen and oxygen atoms in total. The van der Waals surface area contributed by atoms with Crippen molar-refractivity contribution in [1.82, 2.24) is 0 Å². The van der Waals surface area contributed by atoms with E-state index in [1.807, 2.05) is 22.7 Å². The number of rotatable bonds is 39. The first kappa shape index (κ1) is 64.0. The molecule has 2 unspecified atom stereocenters. The molecule has 9 rings (SSSR count). The summed E-state index contributed by atoms with van der Waals surface area (Å²) >= 11 is 8.25. The maximum absolute atomic E-state index is 15.0. The van der Waals surface area contributed by atoms with E-state index < -0.39 is 0 Å². The summed E-state index contributed by atoms with van der Waals surface area (Å²) in [5.74, 6) is 1.18. The molecule has 7 heteroatoms. The Labute approximate surface area is 522 Å². The van der Waals surface area contributed by atoms with Crippen molar-refractivity contribution in [2.45, 2.75) is 260 Å². The molecule has 0 fully saturated rings. The second-order valence-electron chi connectivity index (χ2n) is 25.3. The highest BCUT2D eigenvalue weighted by molar-refractivity contribution is 8.25. The van der Waals surface area contributed by atoms with Gasteiger partial charge in [0.15, 0.2) is 0 Å². The molecule has 7 aromatic rings. The summed E-state index contributed by atoms with van der Waals surface area (Å²) in [4.78, 5) is 36.5. The molecule has 0 N–H and O–H groups in total. The van der Waals surface area contributed by atoms with Crippen molar-refractivity contribution in [2.24, 2.45) is 11.8 Å². The van der Waals surface area contributed by atoms with Gasteiger partial charge >= 0.3 is 0 Å². The summed E-state index contributed by atoms with van der Waals surface area (Å²) in [5.41, 5.74) is 6.78. The predicted octanol–water partition coefficient (Wildman–Crippen LogP) is 26.3. The molecule has 3 aromatic heterocycles. The quantitative estimate of drug-likeness (QED) is 0.0360. The summed E-state index contributed by atoms with van der Waals surface area (Å²) < 4.78 is 2.72. The molecule has 5 heterocycles. The normalized spacial score (nSPS) is 14.6. The minimum Gasteiger partial charge on any atom is -0.281 e. The Hall–Kier alpha value is -3.46. The van der Waals surface area contributed by atoms with Gasteiger partial charge in [-0.1, -0.05) is 293 Å². The Bertz CT molecular complexity index is 3300. The number of aryl methyl sites for hydroxylation is 2. The van der Waals surface area contributed by atoms with Gasteiger partial charge in [0, 0.05) is 49.5 Å². The molecule has 4 aromatic carbocycles. The second kappa shape index (κ2) is 33.0. The van der Waals surface area contributed by atoms with Gasteiger partial charge < -0.3 is 0 Å². The molecule has 0 aliphatic carbocycles. The van der Waals surface area contributed by atoms with Crippen LogP contribution >= 0.6 is 57.5 Å². The average molecular weight is 1210 g/mol. The zero-order valence-electron chi connectivity index (χ0n) is 52.0. The first-order valence-electron chi connectivity index (χ1n) is 33.6. The van der Waals surface area contributed by atoms with Crippen LogP contribution in [0, 0.1) is 25.7 Å². The van der Waals surface area contributed by atoms with Gasteiger partial charge in [-0.05, 0) is 118 Å². The van der Waals surface area contributed by atoms with Crippen LogP contribution in [0.25, 0.3) is 63.3 Å². The molecule has 2 aliphatic rings. The van der Waals surface area contributed by atoms with E-state index >= 15 is 4.79 Å². The first-order chi connectivity index (χ1) is 40.7. The maximum Gasteiger partial charge on any atom is 0.226 e. The zero-order valence-corrected chi connectivity index (χ0v) is 56.1. The van der Waals surface area contributed by atoms with E-state index in [1.54, 1.807) is 11.3 Å². The Balaban J connectivity index is 1.05. The summed E-state index contributed by atoms with van der Waals surface area (Å²) in [7, 11) is 0. The number of unbranched alkanes of at least 4 members (excludes halogenated alkanes) is 24. The smallest absolute Gasteiger partial charge is 0.226 e. The number of carbonyl (C=O) groups is 2. The van der Waals surface area contributed by atoms with Gasteiger partial charge in [0.1, 0.15) is 0 Å². The number of fused-ring (bicyclic) bond motifs is 8. The molecule has 0 saturated heterocycles. The van der Waals surface area contributed by atoms with Crippen molar-refractivity contribution in [3.8, 4) is 10.4 Å². The SMILES string of the molecule is CCCCCCCCCCC(CCCCCCCC)Cc1cc(C)sc1C1=C2SC(=O)C(c3sc(-c4ccc5c(ccc6c7ccc8cc(C)ccc8c7sc56)c4)cc3CC(CCCCCCCC)CCCCCCCCCC)=C2SC1=O. The first-order valence-corrected chi connectivity index (χ1v) is 37.7. The molecule has 83 heavy (non-hydrogen) atoms. The van der Waals surface area contributed by atoms with Gasteiger partial charge in [-0.25, -0.2) is 0 Å². The lowest BCUT2D eigenvalue weighted by Crippen LogP contribution is -2.07. The minimum absolute atomic E-state index is 0.122. The second-order valence-corrected chi connectivity index (χ2v) is 30.6. The van der Waals surface area contributed by atoms with Crippen LogP contribution in [0.4, 0.5) is 0 Å². The average Bonchev–Trinajstić information content (AvgIpc) is 2.00. The molecule has 0 spiro atoms. The summed E-state index contributed by atoms with van der Waals surface area (Å²) in [5, 5.41) is 8.11. The number of hydrogen-bond acceptors (Lipinski definition) is 7. The molecule has 2 atom stereocenters. The minimum atomic E-state index is 0.122. The van der Waals surface area contributed by atoms with Gasteiger partial charge in [0.05, 0.1) is 11.1 Å². The van der Waals surface area contributed by atoms with Gasteiger partial charge in [0.25, 0.3) is 0 Å². The lowest BCUT2D eigenvalue weighted by molar-refractivity contribution is -0.106. The molecule has 0 saturated carbocycles. The van der Waals surface area contributed by atoms with Gasteiger partial charge in [0.2, 0.25) is 10.2 Å². The van der Waals surface area contributed by atoms with E-state index in [-0.39, 0.29) is 10.2 Å². The monoisotopic (exact) mass is 1200 g/mol. The van der Waals surface area contributed by atoms with Crippen LogP contribution in [0.1, 0.15) is 264 Å². The molecule has 0 bridgehead atoms. The summed E-state index contributed by atoms with van der Waals surface area (Å²) in [6.07, 6.45) is 44.2. The highest BCUT2D eigenvalue weighted by Gasteiger charge is 2.43. The lowest BCUT2D eigenvalue weighted by Gasteiger charge is -2.18. The van der Waals surface area contributed by atoms with Gasteiger partial charge in [-0.2, -0.15) is 0 Å². The van der Waals surface area contributed by atoms with Crippen molar-refractivity contribution >= 4 is 121 Å². The Morgan fingerprint density at radius 1 is 0.373 bits per heavy atom. The fourth-order valence-electron chi connectivity index (χ4n) is 13.7. The molecular formula is C76H100O2S5. The van der Waals surface area contributed by atoms with E-state index in [1.165, 1.54) is 303 Å². The fraction of sp³-hybridized carbons (Fsp3) is 0.553. The van der Waals surface area contributed by atoms with Crippen molar-refractivity contribution in [2.75, 3.05) is 0 Å². The van der Waals surface area contributed by atoms with E-state index in [0.29, 0.717) is 11.8 Å². The van der Waals surface area contributed by atoms with E-state index in [0.717, 1.165) is 43.6 Å². The highest BCUT2D eigenvalue weighted by atomic mass is 32.2. The number of carbonyl (C=O) groups excluding carboxylic acids is 2. The third-order valence-electron chi connectivity index (χ3n) is 18.4. The molecule has 0 radical (unpaired) electrons. The van der Waals surface area contributed by atoms with Crippen molar-refractivity contribution in [1.29, 1.82) is 0 Å². The Morgan fingerprint density at radius 2 is 0.759 bits per heavy atom. The molecule has 446 valence electrons. The third kappa shape index (κ3) is 17.0. The molecule has 0 amide bonds. The van der Waals surface area contributed by atoms with E-state index in [2.05, 4.69) is 114 Å². The van der Waals surface area contributed by atoms with Crippen LogP contribution in [-0.4, -0.2) is 10.2 Å². The van der Waals surface area contributed by atoms with Crippen LogP contribution in [0.5, 0.6) is 0 Å². The largest absolute Gasteiger partial charge is 0.281 e. The van der Waals surface area contributed by atoms with E-state index in [4.69, 9.17) is 0 Å². The highest BCUT2D eigenvalue weighted by Crippen LogP contribution is 2.59. The van der Waals surface area contributed by atoms with Crippen molar-refractivity contribution in [3.05, 3.63) is 114 Å². The summed E-state index contributed by atoms with van der Waals surface area (Å²) in [6.45, 7) is 13.6. The number of thiophene rings is 3. The van der Waals surface area contributed by atoms with Crippen LogP contribution in [0.3, 0.4) is 0 Å². The van der Waals surface area contributed by atoms with Crippen LogP contribution in [0.2, 0.25) is 0 Å². The fourth-order valence-corrected chi connectivity index (χ4v) is 20.0. The maximum atomic E-state index is 15.0. The predicted molar refractivity (Wildman–Crippen MR) is 375 cm³/mol. The Morgan fingerprint density at radius 3 is 1.22 bits per heavy atom. The van der Waals surface area contributed by atoms with Crippen molar-refractivity contribution in [3.63, 3.8) is 0 Å². The number of hydrogen-bond donors (Lipinski definition) is 0. The van der Waals surface area contributed by atoms with Crippen molar-refractivity contribution < 1.29 is 9.59 Å². The van der Waals surface area contributed by atoms with Gasteiger partial charge in [-0.15, -0.1) is 34.0 Å². The topological polar surface area (TPSA) is 34.1 Å². The Kier molecular flexibility index (Phi) is 25.5. The standard InChI is InChI=1S/C76H100O2S5/c1-7-11-15-19-23-25-29-33-36-55(35-31-27-21-17-13-9-3)49-60-48-54(6)79-69(60)67-73-74(83-75(67)77)68(76(78)82-73)70-61(50-56(37-32-28-22-18-14-10-4)38-34-30-26-24-20-16-12-8-2)52-66(80-70)59-42-44-63-58(51-59)41-46-65-64-45-40-57-47-53(5)39-43-62(57)71(64)81-72(63)65/h39-48,51-52,55-56H,7-38,49-50H2,1-6H3. The third-order valence-corrected chi connectivity index (χ3v) is 24.2. The molecule has 2 aliphatic heterocycles. The van der Waals surface area contributed by atoms with Crippen LogP contribution in [0.15, 0.2) is 82.6 Å². The number of thioether (sulfide) groups is 2.